The van der Waals surface area contributed by atoms with Crippen molar-refractivity contribution in [1.82, 2.24) is 5.32 Å². The fraction of sp³-hybridized carbons (Fsp3) is 0.588. The van der Waals surface area contributed by atoms with Crippen LogP contribution >= 0.6 is 12.4 Å². The molecular formula is C17H24ClFN2O3. The Kier molecular flexibility index (Phi) is 6.98. The first kappa shape index (κ1) is 19.1. The maximum absolute atomic E-state index is 13.2. The van der Waals surface area contributed by atoms with Crippen LogP contribution in [0, 0.1) is 5.82 Å². The van der Waals surface area contributed by atoms with E-state index in [0.717, 1.165) is 24.8 Å². The number of ether oxygens (including phenoxy) is 2. The summed E-state index contributed by atoms with van der Waals surface area (Å²) in [6.07, 6.45) is 2.72. The van der Waals surface area contributed by atoms with Gasteiger partial charge in [0.05, 0.1) is 18.2 Å². The lowest BCUT2D eigenvalue weighted by molar-refractivity contribution is -0.133. The summed E-state index contributed by atoms with van der Waals surface area (Å²) in [5.41, 5.74) is 6.44. The smallest absolute Gasteiger partial charge is 0.249 e. The van der Waals surface area contributed by atoms with Gasteiger partial charge in [-0.2, -0.15) is 0 Å². The van der Waals surface area contributed by atoms with Gasteiger partial charge >= 0.3 is 0 Å². The summed E-state index contributed by atoms with van der Waals surface area (Å²) in [4.78, 5) is 12.5. The highest BCUT2D eigenvalue weighted by Crippen LogP contribution is 2.28. The van der Waals surface area contributed by atoms with Crippen LogP contribution in [0.15, 0.2) is 24.3 Å². The second kappa shape index (κ2) is 8.76. The van der Waals surface area contributed by atoms with Crippen molar-refractivity contribution in [2.45, 2.75) is 50.0 Å². The predicted molar refractivity (Wildman–Crippen MR) is 90.5 cm³/mol. The topological polar surface area (TPSA) is 73.6 Å². The van der Waals surface area contributed by atoms with E-state index in [1.807, 2.05) is 0 Å². The fourth-order valence-electron chi connectivity index (χ4n) is 3.24. The third-order valence-electron chi connectivity index (χ3n) is 4.53. The molecule has 0 spiro atoms. The highest BCUT2D eigenvalue weighted by molar-refractivity contribution is 5.85. The lowest BCUT2D eigenvalue weighted by atomic mass is 9.98. The summed E-state index contributed by atoms with van der Waals surface area (Å²) >= 11 is 0. The van der Waals surface area contributed by atoms with Gasteiger partial charge in [0.15, 0.2) is 0 Å². The van der Waals surface area contributed by atoms with Crippen LogP contribution in [-0.4, -0.2) is 37.4 Å². The van der Waals surface area contributed by atoms with E-state index in [0.29, 0.717) is 19.6 Å². The molecule has 24 heavy (non-hydrogen) atoms. The first-order valence-corrected chi connectivity index (χ1v) is 8.20. The Labute approximate surface area is 147 Å². The summed E-state index contributed by atoms with van der Waals surface area (Å²) < 4.78 is 24.6. The van der Waals surface area contributed by atoms with Crippen molar-refractivity contribution in [2.24, 2.45) is 5.73 Å². The number of benzene rings is 1. The maximum atomic E-state index is 13.2. The molecule has 1 amide bonds. The number of rotatable bonds is 5. The molecule has 2 saturated heterocycles. The molecule has 7 heteroatoms. The lowest BCUT2D eigenvalue weighted by Gasteiger charge is -2.26. The van der Waals surface area contributed by atoms with Crippen LogP contribution in [0.5, 0.6) is 0 Å². The average molecular weight is 359 g/mol. The van der Waals surface area contributed by atoms with Gasteiger partial charge in [0, 0.05) is 13.2 Å². The Bertz CT molecular complexity index is 537. The fourth-order valence-corrected chi connectivity index (χ4v) is 3.24. The quantitative estimate of drug-likeness (QED) is 0.845. The van der Waals surface area contributed by atoms with Crippen molar-refractivity contribution in [3.05, 3.63) is 35.6 Å². The molecule has 2 aliphatic heterocycles. The molecule has 3 rings (SSSR count). The molecule has 134 valence electrons. The van der Waals surface area contributed by atoms with E-state index < -0.39 is 6.10 Å². The molecule has 1 aromatic carbocycles. The van der Waals surface area contributed by atoms with Crippen LogP contribution in [0.25, 0.3) is 0 Å². The minimum Gasteiger partial charge on any atom is -0.376 e. The molecule has 0 saturated carbocycles. The third-order valence-corrected chi connectivity index (χ3v) is 4.53. The molecular weight excluding hydrogens is 335 g/mol. The highest BCUT2D eigenvalue weighted by atomic mass is 35.5. The number of nitrogens with two attached hydrogens (primary N) is 1. The predicted octanol–water partition coefficient (Wildman–Crippen LogP) is 2.09. The zero-order valence-electron chi connectivity index (χ0n) is 13.4. The Hall–Kier alpha value is -1.21. The van der Waals surface area contributed by atoms with E-state index >= 15 is 0 Å². The Morgan fingerprint density at radius 3 is 2.62 bits per heavy atom. The third kappa shape index (κ3) is 4.45. The number of amides is 1. The van der Waals surface area contributed by atoms with Gasteiger partial charge < -0.3 is 20.5 Å². The van der Waals surface area contributed by atoms with Crippen molar-refractivity contribution >= 4 is 18.3 Å². The molecule has 1 aromatic rings. The van der Waals surface area contributed by atoms with Gasteiger partial charge in [0.2, 0.25) is 5.91 Å². The molecule has 0 aliphatic carbocycles. The Morgan fingerprint density at radius 1 is 1.29 bits per heavy atom. The number of carbonyl (C=O) groups is 1. The molecule has 3 N–H and O–H groups in total. The minimum absolute atomic E-state index is 0. The summed E-state index contributed by atoms with van der Waals surface area (Å²) in [5.74, 6) is -0.443. The number of halogens is 2. The second-order valence-corrected chi connectivity index (χ2v) is 6.15. The van der Waals surface area contributed by atoms with E-state index in [4.69, 9.17) is 15.2 Å². The van der Waals surface area contributed by atoms with Crippen molar-refractivity contribution in [2.75, 3.05) is 13.2 Å². The van der Waals surface area contributed by atoms with Crippen LogP contribution in [0.1, 0.15) is 37.3 Å². The van der Waals surface area contributed by atoms with E-state index in [1.54, 1.807) is 12.1 Å². The van der Waals surface area contributed by atoms with Gasteiger partial charge in [0.1, 0.15) is 11.9 Å². The van der Waals surface area contributed by atoms with E-state index in [9.17, 15) is 9.18 Å². The number of hydrogen-bond acceptors (Lipinski definition) is 4. The zero-order valence-corrected chi connectivity index (χ0v) is 14.3. The lowest BCUT2D eigenvalue weighted by Crippen LogP contribution is -2.42. The SMILES string of the molecule is Cl.NC[C@H]1CC[C@@H](C(=O)NC(c2ccc(F)cc2)C2CCCO2)O1. The van der Waals surface area contributed by atoms with Gasteiger partial charge in [-0.25, -0.2) is 4.39 Å². The molecule has 4 atom stereocenters. The van der Waals surface area contributed by atoms with Crippen molar-refractivity contribution in [1.29, 1.82) is 0 Å². The minimum atomic E-state index is -0.465. The summed E-state index contributed by atoms with van der Waals surface area (Å²) in [7, 11) is 0. The summed E-state index contributed by atoms with van der Waals surface area (Å²) in [5, 5.41) is 3.03. The maximum Gasteiger partial charge on any atom is 0.249 e. The van der Waals surface area contributed by atoms with Gasteiger partial charge in [-0.1, -0.05) is 12.1 Å². The summed E-state index contributed by atoms with van der Waals surface area (Å²) in [6, 6.07) is 5.91. The largest absolute Gasteiger partial charge is 0.376 e. The second-order valence-electron chi connectivity index (χ2n) is 6.15. The molecule has 2 fully saturated rings. The van der Waals surface area contributed by atoms with Crippen molar-refractivity contribution in [3.63, 3.8) is 0 Å². The van der Waals surface area contributed by atoms with E-state index in [-0.39, 0.29) is 42.4 Å². The Morgan fingerprint density at radius 2 is 2.04 bits per heavy atom. The first-order valence-electron chi connectivity index (χ1n) is 8.20. The van der Waals surface area contributed by atoms with Crippen molar-refractivity contribution < 1.29 is 18.7 Å². The van der Waals surface area contributed by atoms with E-state index in [2.05, 4.69) is 5.32 Å². The summed E-state index contributed by atoms with van der Waals surface area (Å²) in [6.45, 7) is 1.12. The number of nitrogens with one attached hydrogen (secondary N) is 1. The van der Waals surface area contributed by atoms with Gasteiger partial charge in [0.25, 0.3) is 0 Å². The molecule has 2 heterocycles. The van der Waals surface area contributed by atoms with Gasteiger partial charge in [-0.15, -0.1) is 12.4 Å². The Balaban J connectivity index is 0.00000208. The van der Waals surface area contributed by atoms with Crippen LogP contribution in [0.3, 0.4) is 0 Å². The average Bonchev–Trinajstić information content (AvgIpc) is 3.25. The van der Waals surface area contributed by atoms with Crippen LogP contribution < -0.4 is 11.1 Å². The normalized spacial score (nSPS) is 27.5. The highest BCUT2D eigenvalue weighted by Gasteiger charge is 2.34. The van der Waals surface area contributed by atoms with Crippen LogP contribution in [-0.2, 0) is 14.3 Å². The molecule has 2 unspecified atom stereocenters. The van der Waals surface area contributed by atoms with Crippen LogP contribution in [0.2, 0.25) is 0 Å². The standard InChI is InChI=1S/C17H23FN2O3.ClH/c18-12-5-3-11(4-6-12)16(14-2-1-9-22-14)20-17(21)15-8-7-13(10-19)23-15;/h3-6,13-16H,1-2,7-10,19H2,(H,20,21);1H/t13-,14?,15+,16?;/m1./s1. The van der Waals surface area contributed by atoms with Crippen molar-refractivity contribution in [3.8, 4) is 0 Å². The molecule has 0 bridgehead atoms. The van der Waals surface area contributed by atoms with Gasteiger partial charge in [-0.3, -0.25) is 4.79 Å². The molecule has 0 aromatic heterocycles. The monoisotopic (exact) mass is 358 g/mol. The zero-order chi connectivity index (χ0) is 16.2. The van der Waals surface area contributed by atoms with Crippen LogP contribution in [0.4, 0.5) is 4.39 Å². The molecule has 2 aliphatic rings. The number of hydrogen-bond donors (Lipinski definition) is 2. The first-order chi connectivity index (χ1) is 11.2. The molecule has 5 nitrogen and oxygen atoms in total. The van der Waals surface area contributed by atoms with Gasteiger partial charge in [-0.05, 0) is 43.4 Å². The number of carbonyl (C=O) groups excluding carboxylic acids is 1. The molecule has 0 radical (unpaired) electrons. The van der Waals surface area contributed by atoms with E-state index in [1.165, 1.54) is 12.1 Å².